The summed E-state index contributed by atoms with van der Waals surface area (Å²) in [6.45, 7) is 0. The third-order valence-electron chi connectivity index (χ3n) is 1.75. The smallest absolute Gasteiger partial charge is 0.206 e. The van der Waals surface area contributed by atoms with Crippen molar-refractivity contribution in [2.24, 2.45) is 0 Å². The molecule has 1 aromatic heterocycles. The van der Waals surface area contributed by atoms with Gasteiger partial charge in [-0.15, -0.1) is 0 Å². The number of hydrogen-bond acceptors (Lipinski definition) is 2. The highest BCUT2D eigenvalue weighted by Crippen LogP contribution is 2.26. The minimum absolute atomic E-state index is 0.0601. The molecule has 0 bridgehead atoms. The van der Waals surface area contributed by atoms with Gasteiger partial charge in [-0.05, 0) is 50.7 Å². The predicted molar refractivity (Wildman–Crippen MR) is 67.9 cm³/mol. The van der Waals surface area contributed by atoms with Crippen molar-refractivity contribution < 1.29 is 4.42 Å². The molecule has 0 fully saturated rings. The first kappa shape index (κ1) is 10.4. The average molecular weight is 385 g/mol. The van der Waals surface area contributed by atoms with E-state index >= 15 is 0 Å². The van der Waals surface area contributed by atoms with Crippen LogP contribution in [0.5, 0.6) is 0 Å². The van der Waals surface area contributed by atoms with E-state index in [1.54, 1.807) is 12.1 Å². The average Bonchev–Trinajstić information content (AvgIpc) is 2.12. The van der Waals surface area contributed by atoms with Gasteiger partial charge in [0.25, 0.3) is 0 Å². The van der Waals surface area contributed by atoms with Crippen LogP contribution in [0.25, 0.3) is 11.0 Å². The molecule has 1 heterocycles. The Morgan fingerprint density at radius 3 is 2.86 bits per heavy atom. The molecule has 0 atom stereocenters. The van der Waals surface area contributed by atoms with Gasteiger partial charge in [0, 0.05) is 5.02 Å². The fourth-order valence-corrected chi connectivity index (χ4v) is 2.46. The van der Waals surface area contributed by atoms with Gasteiger partial charge in [0.1, 0.15) is 6.26 Å². The van der Waals surface area contributed by atoms with Crippen LogP contribution in [0.2, 0.25) is 5.02 Å². The van der Waals surface area contributed by atoms with Gasteiger partial charge in [-0.3, -0.25) is 4.79 Å². The van der Waals surface area contributed by atoms with Crippen LogP contribution in [-0.4, -0.2) is 0 Å². The monoisotopic (exact) mass is 384 g/mol. The maximum Gasteiger partial charge on any atom is 0.206 e. The SMILES string of the molecule is O=c1c(I)coc2c(Br)cc(Cl)cc12. The van der Waals surface area contributed by atoms with Gasteiger partial charge in [0.05, 0.1) is 13.4 Å². The first-order valence-electron chi connectivity index (χ1n) is 3.65. The van der Waals surface area contributed by atoms with E-state index in [-0.39, 0.29) is 5.43 Å². The van der Waals surface area contributed by atoms with Crippen molar-refractivity contribution in [3.63, 3.8) is 0 Å². The first-order valence-corrected chi connectivity index (χ1v) is 5.90. The summed E-state index contributed by atoms with van der Waals surface area (Å²) in [5.41, 5.74) is 0.467. The number of halogens is 3. The zero-order valence-corrected chi connectivity index (χ0v) is 11.2. The van der Waals surface area contributed by atoms with Crippen molar-refractivity contribution in [3.8, 4) is 0 Å². The highest BCUT2D eigenvalue weighted by Gasteiger charge is 2.08. The number of rotatable bonds is 0. The lowest BCUT2D eigenvalue weighted by atomic mass is 10.2. The summed E-state index contributed by atoms with van der Waals surface area (Å²) in [5, 5.41) is 1.01. The lowest BCUT2D eigenvalue weighted by Gasteiger charge is -2.00. The molecule has 2 rings (SSSR count). The maximum absolute atomic E-state index is 11.7. The second kappa shape index (κ2) is 3.83. The van der Waals surface area contributed by atoms with E-state index in [1.165, 1.54) is 6.26 Å². The van der Waals surface area contributed by atoms with Crippen LogP contribution < -0.4 is 5.43 Å². The van der Waals surface area contributed by atoms with Gasteiger partial charge in [-0.1, -0.05) is 11.6 Å². The molecule has 14 heavy (non-hydrogen) atoms. The molecule has 2 aromatic rings. The minimum Gasteiger partial charge on any atom is -0.462 e. The molecule has 0 N–H and O–H groups in total. The molecule has 0 aliphatic heterocycles. The van der Waals surface area contributed by atoms with Crippen molar-refractivity contribution in [3.05, 3.63) is 41.7 Å². The number of hydrogen-bond donors (Lipinski definition) is 0. The molecular weight excluding hydrogens is 382 g/mol. The van der Waals surface area contributed by atoms with Crippen LogP contribution in [-0.2, 0) is 0 Å². The van der Waals surface area contributed by atoms with Crippen molar-refractivity contribution in [2.75, 3.05) is 0 Å². The normalized spacial score (nSPS) is 10.8. The molecular formula is C9H3BrClIO2. The van der Waals surface area contributed by atoms with Crippen LogP contribution in [0.3, 0.4) is 0 Å². The Morgan fingerprint density at radius 1 is 1.43 bits per heavy atom. The number of benzene rings is 1. The number of fused-ring (bicyclic) bond motifs is 1. The summed E-state index contributed by atoms with van der Waals surface area (Å²) in [5.74, 6) is 0. The molecule has 0 aliphatic rings. The first-order chi connectivity index (χ1) is 6.59. The summed E-state index contributed by atoms with van der Waals surface area (Å²) in [6, 6.07) is 3.30. The molecule has 0 unspecified atom stereocenters. The molecule has 0 aliphatic carbocycles. The van der Waals surface area contributed by atoms with Crippen molar-refractivity contribution in [2.45, 2.75) is 0 Å². The van der Waals surface area contributed by atoms with E-state index < -0.39 is 0 Å². The summed E-state index contributed by atoms with van der Waals surface area (Å²) < 4.78 is 6.53. The molecule has 0 amide bonds. The van der Waals surface area contributed by atoms with Crippen LogP contribution in [0.1, 0.15) is 0 Å². The standard InChI is InChI=1S/C9H3BrClIO2/c10-6-2-4(11)1-5-8(13)7(12)3-14-9(5)6/h1-3H. The van der Waals surface area contributed by atoms with Crippen LogP contribution in [0, 0.1) is 3.57 Å². The molecule has 2 nitrogen and oxygen atoms in total. The van der Waals surface area contributed by atoms with Crippen LogP contribution >= 0.6 is 50.1 Å². The molecule has 5 heteroatoms. The van der Waals surface area contributed by atoms with Crippen molar-refractivity contribution >= 4 is 61.1 Å². The van der Waals surface area contributed by atoms with Crippen LogP contribution in [0.4, 0.5) is 0 Å². The fourth-order valence-electron chi connectivity index (χ4n) is 1.14. The van der Waals surface area contributed by atoms with Gasteiger partial charge in [-0.25, -0.2) is 0 Å². The van der Waals surface area contributed by atoms with Gasteiger partial charge in [0.15, 0.2) is 5.58 Å². The zero-order valence-electron chi connectivity index (χ0n) is 6.68. The van der Waals surface area contributed by atoms with E-state index in [9.17, 15) is 4.79 Å². The predicted octanol–water partition coefficient (Wildman–Crippen LogP) is 3.81. The van der Waals surface area contributed by atoms with Gasteiger partial charge >= 0.3 is 0 Å². The van der Waals surface area contributed by atoms with E-state index in [4.69, 9.17) is 16.0 Å². The Kier molecular flexibility index (Phi) is 2.86. The quantitative estimate of drug-likeness (QED) is 0.646. The fraction of sp³-hybridized carbons (Fsp3) is 0. The minimum atomic E-state index is -0.0601. The third-order valence-corrected chi connectivity index (χ3v) is 3.30. The van der Waals surface area contributed by atoms with Crippen molar-refractivity contribution in [1.29, 1.82) is 0 Å². The van der Waals surface area contributed by atoms with Gasteiger partial charge in [-0.2, -0.15) is 0 Å². The van der Waals surface area contributed by atoms with E-state index in [2.05, 4.69) is 15.9 Å². The van der Waals surface area contributed by atoms with Crippen LogP contribution in [0.15, 0.2) is 32.1 Å². The highest BCUT2D eigenvalue weighted by atomic mass is 127. The Labute approximate surface area is 107 Å². The topological polar surface area (TPSA) is 30.2 Å². The second-order valence-corrected chi connectivity index (χ2v) is 5.13. The third kappa shape index (κ3) is 1.70. The largest absolute Gasteiger partial charge is 0.462 e. The Morgan fingerprint density at radius 2 is 2.14 bits per heavy atom. The second-order valence-electron chi connectivity index (χ2n) is 2.68. The van der Waals surface area contributed by atoms with E-state index in [1.807, 2.05) is 22.6 Å². The Hall–Kier alpha value is -0.0700. The summed E-state index contributed by atoms with van der Waals surface area (Å²) in [7, 11) is 0. The summed E-state index contributed by atoms with van der Waals surface area (Å²) >= 11 is 11.1. The summed E-state index contributed by atoms with van der Waals surface area (Å²) in [6.07, 6.45) is 1.43. The highest BCUT2D eigenvalue weighted by molar-refractivity contribution is 14.1. The molecule has 0 spiro atoms. The zero-order chi connectivity index (χ0) is 10.3. The summed E-state index contributed by atoms with van der Waals surface area (Å²) in [4.78, 5) is 11.7. The van der Waals surface area contributed by atoms with E-state index in [0.717, 1.165) is 0 Å². The lowest BCUT2D eigenvalue weighted by Crippen LogP contribution is -2.04. The Bertz CT molecular complexity index is 564. The maximum atomic E-state index is 11.7. The van der Waals surface area contributed by atoms with Gasteiger partial charge in [0.2, 0.25) is 5.43 Å². The van der Waals surface area contributed by atoms with E-state index in [0.29, 0.717) is 24.0 Å². The molecule has 72 valence electrons. The molecule has 0 saturated heterocycles. The Balaban J connectivity index is 3.03. The molecule has 0 saturated carbocycles. The van der Waals surface area contributed by atoms with Gasteiger partial charge < -0.3 is 4.42 Å². The molecule has 0 radical (unpaired) electrons. The molecule has 1 aromatic carbocycles. The van der Waals surface area contributed by atoms with Crippen molar-refractivity contribution in [1.82, 2.24) is 0 Å². The lowest BCUT2D eigenvalue weighted by molar-refractivity contribution is 0.596.